The van der Waals surface area contributed by atoms with Crippen LogP contribution in [0.15, 0.2) is 29.0 Å². The highest BCUT2D eigenvalue weighted by molar-refractivity contribution is 5.95. The van der Waals surface area contributed by atoms with Crippen LogP contribution in [0.3, 0.4) is 0 Å². The number of allylic oxidation sites excluding steroid dienone is 1. The molecule has 2 amide bonds. The number of aliphatic imine (C=N–C) groups is 1. The van der Waals surface area contributed by atoms with Crippen LogP contribution < -0.4 is 10.6 Å². The van der Waals surface area contributed by atoms with Crippen molar-refractivity contribution in [3.8, 4) is 0 Å². The Hall–Kier alpha value is -2.51. The molecule has 2 aliphatic carbocycles. The predicted molar refractivity (Wildman–Crippen MR) is 142 cm³/mol. The first-order valence-corrected chi connectivity index (χ1v) is 13.2. The second kappa shape index (κ2) is 13.0. The Morgan fingerprint density at radius 3 is 2.20 bits per heavy atom. The molecule has 0 aliphatic heterocycles. The smallest absolute Gasteiger partial charge is 0.407 e. The largest absolute Gasteiger partial charge is 0.444 e. The van der Waals surface area contributed by atoms with E-state index in [-0.39, 0.29) is 24.1 Å². The number of nitrogens with zero attached hydrogens (tertiary/aromatic N) is 3. The topological polar surface area (TPSA) is 86.3 Å². The highest BCUT2D eigenvalue weighted by Gasteiger charge is 2.33. The van der Waals surface area contributed by atoms with Gasteiger partial charge in [0.2, 0.25) is 0 Å². The summed E-state index contributed by atoms with van der Waals surface area (Å²) in [7, 11) is 3.89. The van der Waals surface area contributed by atoms with Crippen molar-refractivity contribution in [1.82, 2.24) is 20.4 Å². The van der Waals surface area contributed by atoms with Crippen LogP contribution >= 0.6 is 0 Å². The molecule has 2 saturated carbocycles. The summed E-state index contributed by atoms with van der Waals surface area (Å²) in [6.45, 7) is 14.7. The number of ether oxygens (including phenoxy) is 1. The molecule has 0 saturated heterocycles. The Balaban J connectivity index is 2.16. The van der Waals surface area contributed by atoms with Crippen molar-refractivity contribution in [3.63, 3.8) is 0 Å². The molecule has 2 N–H and O–H groups in total. The first kappa shape index (κ1) is 28.7. The summed E-state index contributed by atoms with van der Waals surface area (Å²) in [6, 6.07) is 0.0123. The van der Waals surface area contributed by atoms with Crippen LogP contribution in [0.25, 0.3) is 0 Å². The van der Waals surface area contributed by atoms with Crippen LogP contribution in [-0.4, -0.2) is 66.1 Å². The minimum atomic E-state index is -0.528. The Bertz CT molecular complexity index is 800. The molecule has 8 nitrogen and oxygen atoms in total. The molecule has 0 heterocycles. The quantitative estimate of drug-likeness (QED) is 0.276. The van der Waals surface area contributed by atoms with Gasteiger partial charge in [-0.3, -0.25) is 9.69 Å². The van der Waals surface area contributed by atoms with E-state index in [1.54, 1.807) is 4.90 Å². The lowest BCUT2D eigenvalue weighted by Gasteiger charge is -2.37. The Morgan fingerprint density at radius 2 is 1.71 bits per heavy atom. The number of hydrogen-bond donors (Lipinski definition) is 2. The molecule has 2 rings (SSSR count). The minimum Gasteiger partial charge on any atom is -0.444 e. The van der Waals surface area contributed by atoms with Crippen LogP contribution in [0.1, 0.15) is 86.0 Å². The summed E-state index contributed by atoms with van der Waals surface area (Å²) in [5, 5.41) is 6.41. The monoisotopic (exact) mass is 489 g/mol. The summed E-state index contributed by atoms with van der Waals surface area (Å²) < 4.78 is 5.41. The average molecular weight is 490 g/mol. The molecule has 8 heteroatoms. The maximum atomic E-state index is 13.7. The molecule has 0 radical (unpaired) electrons. The number of guanidine groups is 1. The number of hydrogen-bond acceptors (Lipinski definition) is 4. The molecule has 0 unspecified atom stereocenters. The van der Waals surface area contributed by atoms with E-state index in [4.69, 9.17) is 9.73 Å². The van der Waals surface area contributed by atoms with Gasteiger partial charge in [0.15, 0.2) is 5.96 Å². The van der Waals surface area contributed by atoms with E-state index in [0.717, 1.165) is 50.2 Å². The van der Waals surface area contributed by atoms with Gasteiger partial charge >= 0.3 is 6.09 Å². The third-order valence-corrected chi connectivity index (χ3v) is 6.29. The van der Waals surface area contributed by atoms with Gasteiger partial charge in [0.1, 0.15) is 11.4 Å². The van der Waals surface area contributed by atoms with E-state index in [0.29, 0.717) is 18.2 Å². The van der Waals surface area contributed by atoms with Crippen molar-refractivity contribution in [2.75, 3.05) is 20.6 Å². The van der Waals surface area contributed by atoms with E-state index in [1.165, 1.54) is 12.8 Å². The lowest BCUT2D eigenvalue weighted by molar-refractivity contribution is -0.128. The number of carbonyl (C=O) groups excluding carboxylic acids is 2. The SMILES string of the molecule is C=C(/N=C(/NCC1CC1)N(C)C)N(C(=O)/C(=C/CC)CC)C1CCC(NC(=O)OC(C)(C)C)CC1. The van der Waals surface area contributed by atoms with Crippen LogP contribution in [0.2, 0.25) is 0 Å². The molecule has 2 fully saturated rings. The summed E-state index contributed by atoms with van der Waals surface area (Å²) >= 11 is 0. The number of carbonyl (C=O) groups is 2. The minimum absolute atomic E-state index is 0.0194. The molecule has 0 atom stereocenters. The number of amides is 2. The van der Waals surface area contributed by atoms with Gasteiger partial charge in [-0.15, -0.1) is 0 Å². The van der Waals surface area contributed by atoms with Gasteiger partial charge in [-0.2, -0.15) is 4.99 Å². The fourth-order valence-electron chi connectivity index (χ4n) is 4.26. The molecule has 0 bridgehead atoms. The summed E-state index contributed by atoms with van der Waals surface area (Å²) in [4.78, 5) is 34.4. The van der Waals surface area contributed by atoms with Crippen molar-refractivity contribution < 1.29 is 14.3 Å². The highest BCUT2D eigenvalue weighted by atomic mass is 16.6. The van der Waals surface area contributed by atoms with Gasteiger partial charge in [-0.25, -0.2) is 4.79 Å². The molecule has 2 aliphatic rings. The van der Waals surface area contributed by atoms with E-state index < -0.39 is 5.60 Å². The molecule has 0 aromatic heterocycles. The number of rotatable bonds is 9. The zero-order chi connectivity index (χ0) is 26.2. The Morgan fingerprint density at radius 1 is 1.09 bits per heavy atom. The molecular formula is C27H47N5O3. The van der Waals surface area contributed by atoms with E-state index in [9.17, 15) is 9.59 Å². The second-order valence-electron chi connectivity index (χ2n) is 10.9. The third-order valence-electron chi connectivity index (χ3n) is 6.29. The van der Waals surface area contributed by atoms with Gasteiger partial charge in [0.05, 0.1) is 0 Å². The van der Waals surface area contributed by atoms with Crippen molar-refractivity contribution in [2.45, 2.75) is 104 Å². The highest BCUT2D eigenvalue weighted by Crippen LogP contribution is 2.29. The number of alkyl carbamates (subject to hydrolysis) is 1. The first-order chi connectivity index (χ1) is 16.4. The van der Waals surface area contributed by atoms with Crippen LogP contribution in [0.4, 0.5) is 4.79 Å². The van der Waals surface area contributed by atoms with E-state index >= 15 is 0 Å². The standard InChI is InChI=1S/C27H47N5O3/c1-9-11-21(10-2)24(33)32(19(3)29-25(31(7)8)28-18-20-12-13-20)23-16-14-22(15-17-23)30-26(34)35-27(4,5)6/h11,20,22-23H,3,9-10,12-18H2,1-2,4-8H3,(H,28,29)(H,30,34)/b21-11+. The van der Waals surface area contributed by atoms with Crippen LogP contribution in [0, 0.1) is 5.92 Å². The molecule has 35 heavy (non-hydrogen) atoms. The van der Waals surface area contributed by atoms with Gasteiger partial charge < -0.3 is 20.3 Å². The molecule has 0 spiro atoms. The summed E-state index contributed by atoms with van der Waals surface area (Å²) in [5.41, 5.74) is 0.260. The Kier molecular flexibility index (Phi) is 10.7. The summed E-state index contributed by atoms with van der Waals surface area (Å²) in [6.07, 6.45) is 8.64. The fourth-order valence-corrected chi connectivity index (χ4v) is 4.26. The van der Waals surface area contributed by atoms with Gasteiger partial charge in [0.25, 0.3) is 5.91 Å². The molecular weight excluding hydrogens is 442 g/mol. The fraction of sp³-hybridized carbons (Fsp3) is 0.741. The molecule has 0 aromatic rings. The predicted octanol–water partition coefficient (Wildman–Crippen LogP) is 4.79. The van der Waals surface area contributed by atoms with E-state index in [1.807, 2.05) is 59.7 Å². The van der Waals surface area contributed by atoms with Crippen LogP contribution in [-0.2, 0) is 9.53 Å². The lowest BCUT2D eigenvalue weighted by Crippen LogP contribution is -2.47. The van der Waals surface area contributed by atoms with Crippen LogP contribution in [0.5, 0.6) is 0 Å². The average Bonchev–Trinajstić information content (AvgIpc) is 3.59. The maximum absolute atomic E-state index is 13.7. The zero-order valence-electron chi connectivity index (χ0n) is 22.9. The van der Waals surface area contributed by atoms with Crippen molar-refractivity contribution in [3.05, 3.63) is 24.0 Å². The van der Waals surface area contributed by atoms with Gasteiger partial charge in [-0.05, 0) is 78.1 Å². The molecule has 198 valence electrons. The lowest BCUT2D eigenvalue weighted by atomic mass is 9.89. The maximum Gasteiger partial charge on any atom is 0.407 e. The van der Waals surface area contributed by atoms with Crippen molar-refractivity contribution in [1.29, 1.82) is 0 Å². The third kappa shape index (κ3) is 9.57. The van der Waals surface area contributed by atoms with E-state index in [2.05, 4.69) is 17.2 Å². The first-order valence-electron chi connectivity index (χ1n) is 13.2. The number of nitrogens with one attached hydrogen (secondary N) is 2. The van der Waals surface area contributed by atoms with Crippen molar-refractivity contribution in [2.24, 2.45) is 10.9 Å². The normalized spacial score (nSPS) is 21.2. The van der Waals surface area contributed by atoms with Crippen molar-refractivity contribution >= 4 is 18.0 Å². The summed E-state index contributed by atoms with van der Waals surface area (Å²) in [5.74, 6) is 1.86. The van der Waals surface area contributed by atoms with Gasteiger partial charge in [0, 0.05) is 38.3 Å². The zero-order valence-corrected chi connectivity index (χ0v) is 22.9. The Labute approximate surface area is 212 Å². The van der Waals surface area contributed by atoms with Gasteiger partial charge in [-0.1, -0.05) is 26.5 Å². The molecule has 0 aromatic carbocycles. The second-order valence-corrected chi connectivity index (χ2v) is 10.9.